The summed E-state index contributed by atoms with van der Waals surface area (Å²) >= 11 is 0. The third-order valence-electron chi connectivity index (χ3n) is 4.98. The van der Waals surface area contributed by atoms with Crippen molar-refractivity contribution in [1.29, 1.82) is 0 Å². The molecule has 1 fully saturated rings. The highest BCUT2D eigenvalue weighted by atomic mass is 19.1. The molecule has 5 rings (SSSR count). The molecule has 0 spiro atoms. The molecule has 4 nitrogen and oxygen atoms in total. The van der Waals surface area contributed by atoms with Crippen molar-refractivity contribution >= 4 is 16.8 Å². The Morgan fingerprint density at radius 2 is 2.12 bits per heavy atom. The number of nitrogens with one attached hydrogen (secondary N) is 1. The SMILES string of the molecule is O=C(NCc1ccc2ncccc2c1)C1C2Oc3ccc(F)cc3C21. The van der Waals surface area contributed by atoms with Gasteiger partial charge in [0, 0.05) is 29.6 Å². The fourth-order valence-electron chi connectivity index (χ4n) is 3.69. The number of amides is 1. The summed E-state index contributed by atoms with van der Waals surface area (Å²) in [5.41, 5.74) is 2.76. The van der Waals surface area contributed by atoms with Gasteiger partial charge in [-0.05, 0) is 42.0 Å². The van der Waals surface area contributed by atoms with Crippen molar-refractivity contribution in [3.63, 3.8) is 0 Å². The van der Waals surface area contributed by atoms with Crippen LogP contribution in [0.25, 0.3) is 10.9 Å². The molecule has 1 aromatic heterocycles. The Kier molecular flexibility index (Phi) is 3.04. The van der Waals surface area contributed by atoms with Crippen LogP contribution >= 0.6 is 0 Å². The van der Waals surface area contributed by atoms with Crippen molar-refractivity contribution in [3.8, 4) is 5.75 Å². The molecule has 25 heavy (non-hydrogen) atoms. The Balaban J connectivity index is 1.27. The predicted molar refractivity (Wildman–Crippen MR) is 90.6 cm³/mol. The second kappa shape index (κ2) is 5.28. The summed E-state index contributed by atoms with van der Waals surface area (Å²) in [4.78, 5) is 16.7. The lowest BCUT2D eigenvalue weighted by Crippen LogP contribution is -2.27. The molecule has 0 radical (unpaired) electrons. The standard InChI is InChI=1S/C20H15FN2O2/c21-13-4-6-16-14(9-13)17-18(19(17)25-16)20(24)23-10-11-3-5-15-12(8-11)2-1-7-22-15/h1-9,17-19H,10H2,(H,23,24). The average Bonchev–Trinajstić information content (AvgIpc) is 3.23. The number of rotatable bonds is 3. The van der Waals surface area contributed by atoms with Crippen LogP contribution in [0, 0.1) is 11.7 Å². The molecule has 2 aromatic carbocycles. The number of halogens is 1. The Hall–Kier alpha value is -2.95. The lowest BCUT2D eigenvalue weighted by Gasteiger charge is -2.10. The molecule has 124 valence electrons. The highest BCUT2D eigenvalue weighted by Crippen LogP contribution is 2.58. The summed E-state index contributed by atoms with van der Waals surface area (Å²) in [6.45, 7) is 0.454. The third kappa shape index (κ3) is 2.35. The minimum absolute atomic E-state index is 0.0218. The van der Waals surface area contributed by atoms with Crippen LogP contribution in [0.5, 0.6) is 5.75 Å². The van der Waals surface area contributed by atoms with Crippen LogP contribution in [0.4, 0.5) is 4.39 Å². The van der Waals surface area contributed by atoms with Gasteiger partial charge in [-0.25, -0.2) is 4.39 Å². The highest BCUT2D eigenvalue weighted by Gasteiger charge is 2.62. The van der Waals surface area contributed by atoms with Gasteiger partial charge in [0.05, 0.1) is 11.4 Å². The number of pyridine rings is 1. The smallest absolute Gasteiger partial charge is 0.227 e. The summed E-state index contributed by atoms with van der Waals surface area (Å²) in [6, 6.07) is 14.3. The second-order valence-corrected chi connectivity index (χ2v) is 6.56. The molecule has 0 saturated heterocycles. The van der Waals surface area contributed by atoms with E-state index < -0.39 is 0 Å². The molecule has 2 aliphatic rings. The number of carbonyl (C=O) groups excluding carboxylic acids is 1. The monoisotopic (exact) mass is 334 g/mol. The van der Waals surface area contributed by atoms with E-state index in [9.17, 15) is 9.18 Å². The molecular formula is C20H15FN2O2. The number of benzene rings is 2. The number of carbonyl (C=O) groups is 1. The molecule has 3 atom stereocenters. The van der Waals surface area contributed by atoms with Crippen LogP contribution in [0.15, 0.2) is 54.7 Å². The van der Waals surface area contributed by atoms with Crippen molar-refractivity contribution < 1.29 is 13.9 Å². The second-order valence-electron chi connectivity index (χ2n) is 6.56. The minimum Gasteiger partial charge on any atom is -0.489 e. The van der Waals surface area contributed by atoms with Gasteiger partial charge in [-0.3, -0.25) is 9.78 Å². The van der Waals surface area contributed by atoms with Crippen LogP contribution in [0.1, 0.15) is 17.0 Å². The van der Waals surface area contributed by atoms with Crippen molar-refractivity contribution in [2.75, 3.05) is 0 Å². The Labute approximate surface area is 143 Å². The number of nitrogens with zero attached hydrogens (tertiary/aromatic N) is 1. The van der Waals surface area contributed by atoms with Crippen LogP contribution < -0.4 is 10.1 Å². The predicted octanol–water partition coefficient (Wildman–Crippen LogP) is 3.16. The number of ether oxygens (including phenoxy) is 1. The van der Waals surface area contributed by atoms with Gasteiger partial charge in [-0.15, -0.1) is 0 Å². The lowest BCUT2D eigenvalue weighted by atomic mass is 10.1. The van der Waals surface area contributed by atoms with Gasteiger partial charge in [-0.2, -0.15) is 0 Å². The molecule has 1 amide bonds. The molecule has 1 N–H and O–H groups in total. The number of hydrogen-bond acceptors (Lipinski definition) is 3. The van der Waals surface area contributed by atoms with Gasteiger partial charge in [0.2, 0.25) is 5.91 Å². The molecule has 1 aliphatic heterocycles. The van der Waals surface area contributed by atoms with E-state index in [0.29, 0.717) is 12.3 Å². The topological polar surface area (TPSA) is 51.2 Å². The first-order valence-corrected chi connectivity index (χ1v) is 8.28. The first-order chi connectivity index (χ1) is 12.2. The zero-order chi connectivity index (χ0) is 17.0. The Morgan fingerprint density at radius 1 is 1.20 bits per heavy atom. The summed E-state index contributed by atoms with van der Waals surface area (Å²) in [6.07, 6.45) is 1.61. The molecule has 1 aliphatic carbocycles. The minimum atomic E-state index is -0.293. The Bertz CT molecular complexity index is 1000. The zero-order valence-corrected chi connectivity index (χ0v) is 13.3. The normalized spacial score (nSPS) is 22.8. The summed E-state index contributed by atoms with van der Waals surface area (Å²) in [7, 11) is 0. The molecule has 1 saturated carbocycles. The van der Waals surface area contributed by atoms with E-state index in [1.165, 1.54) is 12.1 Å². The van der Waals surface area contributed by atoms with E-state index >= 15 is 0 Å². The molecule has 2 heterocycles. The quantitative estimate of drug-likeness (QED) is 0.800. The average molecular weight is 334 g/mol. The summed E-state index contributed by atoms with van der Waals surface area (Å²) in [5.74, 6) is 0.112. The number of hydrogen-bond donors (Lipinski definition) is 1. The van der Waals surface area contributed by atoms with Crippen molar-refractivity contribution in [1.82, 2.24) is 10.3 Å². The highest BCUT2D eigenvalue weighted by molar-refractivity contribution is 5.86. The fraction of sp³-hybridized carbons (Fsp3) is 0.200. The summed E-state index contributed by atoms with van der Waals surface area (Å²) < 4.78 is 19.2. The molecule has 3 unspecified atom stereocenters. The molecular weight excluding hydrogens is 319 g/mol. The van der Waals surface area contributed by atoms with Crippen molar-refractivity contribution in [2.24, 2.45) is 5.92 Å². The van der Waals surface area contributed by atoms with E-state index in [1.807, 2.05) is 30.3 Å². The maximum Gasteiger partial charge on any atom is 0.227 e. The van der Waals surface area contributed by atoms with Gasteiger partial charge < -0.3 is 10.1 Å². The molecule has 5 heteroatoms. The summed E-state index contributed by atoms with van der Waals surface area (Å²) in [5, 5.41) is 4.01. The number of fused-ring (bicyclic) bond motifs is 4. The van der Waals surface area contributed by atoms with Gasteiger partial charge >= 0.3 is 0 Å². The first-order valence-electron chi connectivity index (χ1n) is 8.28. The van der Waals surface area contributed by atoms with E-state index in [0.717, 1.165) is 22.0 Å². The van der Waals surface area contributed by atoms with Crippen LogP contribution in [0.2, 0.25) is 0 Å². The van der Waals surface area contributed by atoms with Crippen LogP contribution in [-0.4, -0.2) is 17.0 Å². The van der Waals surface area contributed by atoms with Gasteiger partial charge in [0.25, 0.3) is 0 Å². The van der Waals surface area contributed by atoms with Crippen molar-refractivity contribution in [3.05, 3.63) is 71.7 Å². The van der Waals surface area contributed by atoms with E-state index in [2.05, 4.69) is 10.3 Å². The maximum absolute atomic E-state index is 13.4. The third-order valence-corrected chi connectivity index (χ3v) is 4.98. The van der Waals surface area contributed by atoms with Crippen LogP contribution in [-0.2, 0) is 11.3 Å². The van der Waals surface area contributed by atoms with Gasteiger partial charge in [0.1, 0.15) is 17.7 Å². The van der Waals surface area contributed by atoms with E-state index in [1.54, 1.807) is 12.3 Å². The first kappa shape index (κ1) is 14.4. The van der Waals surface area contributed by atoms with Crippen molar-refractivity contribution in [2.45, 2.75) is 18.6 Å². The van der Waals surface area contributed by atoms with E-state index in [-0.39, 0.29) is 29.7 Å². The largest absolute Gasteiger partial charge is 0.489 e. The van der Waals surface area contributed by atoms with E-state index in [4.69, 9.17) is 4.74 Å². The zero-order valence-electron chi connectivity index (χ0n) is 13.3. The molecule has 0 bridgehead atoms. The fourth-order valence-corrected chi connectivity index (χ4v) is 3.69. The molecule has 3 aromatic rings. The maximum atomic E-state index is 13.4. The lowest BCUT2D eigenvalue weighted by molar-refractivity contribution is -0.123. The van der Waals surface area contributed by atoms with Gasteiger partial charge in [0.15, 0.2) is 0 Å². The van der Waals surface area contributed by atoms with Crippen LogP contribution in [0.3, 0.4) is 0 Å². The Morgan fingerprint density at radius 3 is 3.04 bits per heavy atom. The number of aromatic nitrogens is 1. The van der Waals surface area contributed by atoms with Gasteiger partial charge in [-0.1, -0.05) is 12.1 Å².